The van der Waals surface area contributed by atoms with Gasteiger partial charge in [0.25, 0.3) is 0 Å². The number of nitrogen functional groups attached to an aromatic ring is 1. The highest BCUT2D eigenvalue weighted by atomic mass is 16.3. The van der Waals surface area contributed by atoms with Crippen LogP contribution in [0.2, 0.25) is 0 Å². The normalized spacial score (nSPS) is 10.5. The van der Waals surface area contributed by atoms with E-state index in [1.54, 1.807) is 6.26 Å². The smallest absolute Gasteiger partial charge is 0.165 e. The van der Waals surface area contributed by atoms with Gasteiger partial charge in [0.15, 0.2) is 5.82 Å². The maximum absolute atomic E-state index is 5.41. The molecule has 17 heavy (non-hydrogen) atoms. The van der Waals surface area contributed by atoms with Crippen molar-refractivity contribution in [2.24, 2.45) is 5.84 Å². The van der Waals surface area contributed by atoms with E-state index in [0.29, 0.717) is 11.6 Å². The van der Waals surface area contributed by atoms with Crippen LogP contribution < -0.4 is 11.3 Å². The van der Waals surface area contributed by atoms with Crippen LogP contribution in [0.25, 0.3) is 11.4 Å². The molecule has 0 aliphatic rings. The Bertz CT molecular complexity index is 507. The van der Waals surface area contributed by atoms with Crippen molar-refractivity contribution in [2.45, 2.75) is 26.7 Å². The van der Waals surface area contributed by atoms with Gasteiger partial charge in [-0.25, -0.2) is 15.8 Å². The molecular formula is C12H16N4O. The fourth-order valence-electron chi connectivity index (χ4n) is 1.69. The third-order valence-electron chi connectivity index (χ3n) is 2.53. The van der Waals surface area contributed by atoms with E-state index in [1.807, 2.05) is 19.1 Å². The van der Waals surface area contributed by atoms with Gasteiger partial charge in [-0.15, -0.1) is 0 Å². The highest BCUT2D eigenvalue weighted by molar-refractivity contribution is 5.59. The van der Waals surface area contributed by atoms with Gasteiger partial charge in [-0.3, -0.25) is 0 Å². The van der Waals surface area contributed by atoms with Gasteiger partial charge < -0.3 is 9.84 Å². The molecule has 0 atom stereocenters. The maximum Gasteiger partial charge on any atom is 0.165 e. The lowest BCUT2D eigenvalue weighted by atomic mass is 10.2. The lowest BCUT2D eigenvalue weighted by Gasteiger charge is -2.06. The minimum absolute atomic E-state index is 0.624. The van der Waals surface area contributed by atoms with E-state index in [0.717, 1.165) is 29.9 Å². The molecule has 5 heteroatoms. The summed E-state index contributed by atoms with van der Waals surface area (Å²) in [6, 6.07) is 3.73. The van der Waals surface area contributed by atoms with Crippen molar-refractivity contribution in [1.82, 2.24) is 9.97 Å². The van der Waals surface area contributed by atoms with Crippen molar-refractivity contribution in [3.63, 3.8) is 0 Å². The van der Waals surface area contributed by atoms with Crippen molar-refractivity contribution >= 4 is 5.82 Å². The molecule has 0 amide bonds. The molecule has 0 saturated carbocycles. The molecule has 0 spiro atoms. The van der Waals surface area contributed by atoms with Gasteiger partial charge in [0.2, 0.25) is 0 Å². The van der Waals surface area contributed by atoms with Crippen LogP contribution in [-0.2, 0) is 6.42 Å². The zero-order valence-electron chi connectivity index (χ0n) is 10.0. The predicted octanol–water partition coefficient (Wildman–Crippen LogP) is 2.28. The van der Waals surface area contributed by atoms with E-state index in [1.165, 1.54) is 0 Å². The van der Waals surface area contributed by atoms with Gasteiger partial charge in [0, 0.05) is 11.8 Å². The topological polar surface area (TPSA) is 77.0 Å². The van der Waals surface area contributed by atoms with Crippen LogP contribution in [0.5, 0.6) is 0 Å². The molecule has 2 heterocycles. The summed E-state index contributed by atoms with van der Waals surface area (Å²) in [7, 11) is 0. The van der Waals surface area contributed by atoms with Crippen molar-refractivity contribution in [1.29, 1.82) is 0 Å². The minimum Gasteiger partial charge on any atom is -0.469 e. The van der Waals surface area contributed by atoms with Crippen LogP contribution in [0.1, 0.15) is 24.8 Å². The number of hydrogen-bond acceptors (Lipinski definition) is 5. The second kappa shape index (κ2) is 4.97. The van der Waals surface area contributed by atoms with Gasteiger partial charge in [-0.2, -0.15) is 0 Å². The molecule has 0 bridgehead atoms. The van der Waals surface area contributed by atoms with Gasteiger partial charge in [0.05, 0.1) is 11.8 Å². The zero-order chi connectivity index (χ0) is 12.3. The van der Waals surface area contributed by atoms with Crippen LogP contribution in [0.15, 0.2) is 22.8 Å². The molecule has 5 nitrogen and oxygen atoms in total. The van der Waals surface area contributed by atoms with E-state index in [9.17, 15) is 0 Å². The lowest BCUT2D eigenvalue weighted by molar-refractivity contribution is 0.535. The highest BCUT2D eigenvalue weighted by Crippen LogP contribution is 2.22. The number of hydrazine groups is 1. The van der Waals surface area contributed by atoms with E-state index >= 15 is 0 Å². The molecule has 0 radical (unpaired) electrons. The van der Waals surface area contributed by atoms with Crippen LogP contribution in [-0.4, -0.2) is 9.97 Å². The molecule has 2 aromatic heterocycles. The zero-order valence-corrected chi connectivity index (χ0v) is 10.0. The Kier molecular flexibility index (Phi) is 3.39. The van der Waals surface area contributed by atoms with Gasteiger partial charge in [-0.05, 0) is 19.4 Å². The summed E-state index contributed by atoms with van der Waals surface area (Å²) in [5, 5.41) is 0. The Balaban J connectivity index is 2.46. The largest absolute Gasteiger partial charge is 0.469 e. The maximum atomic E-state index is 5.41. The summed E-state index contributed by atoms with van der Waals surface area (Å²) in [4.78, 5) is 8.84. The third-order valence-corrected chi connectivity index (χ3v) is 2.53. The predicted molar refractivity (Wildman–Crippen MR) is 66.3 cm³/mol. The lowest BCUT2D eigenvalue weighted by Crippen LogP contribution is -2.10. The van der Waals surface area contributed by atoms with Crippen molar-refractivity contribution in [3.05, 3.63) is 29.9 Å². The first-order chi connectivity index (χ1) is 8.24. The summed E-state index contributed by atoms with van der Waals surface area (Å²) in [6.07, 6.45) is 3.57. The number of rotatable bonds is 4. The molecule has 2 rings (SSSR count). The van der Waals surface area contributed by atoms with Crippen LogP contribution in [0.4, 0.5) is 5.82 Å². The number of hydrogen-bond donors (Lipinski definition) is 2. The third kappa shape index (κ3) is 2.45. The fraction of sp³-hybridized carbons (Fsp3) is 0.333. The van der Waals surface area contributed by atoms with Crippen LogP contribution in [0.3, 0.4) is 0 Å². The fourth-order valence-corrected chi connectivity index (χ4v) is 1.69. The van der Waals surface area contributed by atoms with Crippen molar-refractivity contribution < 1.29 is 4.42 Å². The molecule has 0 aromatic carbocycles. The van der Waals surface area contributed by atoms with E-state index in [-0.39, 0.29) is 0 Å². The molecule has 0 unspecified atom stereocenters. The quantitative estimate of drug-likeness (QED) is 0.624. The number of aryl methyl sites for hydroxylation is 2. The summed E-state index contributed by atoms with van der Waals surface area (Å²) in [6.45, 7) is 4.00. The van der Waals surface area contributed by atoms with Crippen LogP contribution in [0, 0.1) is 6.92 Å². The van der Waals surface area contributed by atoms with Gasteiger partial charge in [-0.1, -0.05) is 13.3 Å². The van der Waals surface area contributed by atoms with E-state index in [4.69, 9.17) is 10.3 Å². The number of nitrogens with one attached hydrogen (secondary N) is 1. The monoisotopic (exact) mass is 232 g/mol. The molecule has 2 aromatic rings. The number of nitrogens with two attached hydrogens (primary N) is 1. The van der Waals surface area contributed by atoms with Crippen LogP contribution >= 0.6 is 0 Å². The summed E-state index contributed by atoms with van der Waals surface area (Å²) in [5.41, 5.74) is 4.45. The average molecular weight is 232 g/mol. The average Bonchev–Trinajstić information content (AvgIpc) is 2.75. The minimum atomic E-state index is 0.624. The van der Waals surface area contributed by atoms with Crippen molar-refractivity contribution in [2.75, 3.05) is 5.43 Å². The van der Waals surface area contributed by atoms with Crippen molar-refractivity contribution in [3.8, 4) is 11.4 Å². The van der Waals surface area contributed by atoms with E-state index in [2.05, 4.69) is 22.3 Å². The Labute approximate surface area is 100 Å². The molecule has 0 saturated heterocycles. The Hall–Kier alpha value is -1.88. The van der Waals surface area contributed by atoms with Gasteiger partial charge in [0.1, 0.15) is 11.6 Å². The second-order valence-corrected chi connectivity index (χ2v) is 3.85. The first-order valence-corrected chi connectivity index (χ1v) is 5.63. The standard InChI is InChI=1S/C12H16N4O/c1-3-4-9-7-11(16-13)15-12(14-9)10-5-6-17-8(10)2/h5-7H,3-4,13H2,1-2H3,(H,14,15,16). The molecule has 3 N–H and O–H groups in total. The number of aromatic nitrogens is 2. The number of nitrogens with zero attached hydrogens (tertiary/aromatic N) is 2. The summed E-state index contributed by atoms with van der Waals surface area (Å²) < 4.78 is 5.26. The molecule has 0 aliphatic carbocycles. The molecule has 0 fully saturated rings. The summed E-state index contributed by atoms with van der Waals surface area (Å²) >= 11 is 0. The first-order valence-electron chi connectivity index (χ1n) is 5.63. The Morgan fingerprint density at radius 3 is 2.82 bits per heavy atom. The summed E-state index contributed by atoms with van der Waals surface area (Å²) in [5.74, 6) is 7.49. The number of furan rings is 1. The molecular weight excluding hydrogens is 216 g/mol. The SMILES string of the molecule is CCCc1cc(NN)nc(-c2ccoc2C)n1. The number of anilines is 1. The second-order valence-electron chi connectivity index (χ2n) is 3.85. The van der Waals surface area contributed by atoms with Gasteiger partial charge >= 0.3 is 0 Å². The Morgan fingerprint density at radius 2 is 2.24 bits per heavy atom. The molecule has 90 valence electrons. The molecule has 0 aliphatic heterocycles. The Morgan fingerprint density at radius 1 is 1.41 bits per heavy atom. The first kappa shape index (κ1) is 11.6. The van der Waals surface area contributed by atoms with E-state index < -0.39 is 0 Å². The highest BCUT2D eigenvalue weighted by Gasteiger charge is 2.10.